The maximum absolute atomic E-state index is 11.1. The van der Waals surface area contributed by atoms with Crippen molar-refractivity contribution < 1.29 is 23.9 Å². The molecule has 0 amide bonds. The van der Waals surface area contributed by atoms with Gasteiger partial charge in [-0.25, -0.2) is 4.79 Å². The Morgan fingerprint density at radius 2 is 1.77 bits per heavy atom. The second kappa shape index (κ2) is 5.42. The van der Waals surface area contributed by atoms with E-state index in [9.17, 15) is 14.4 Å². The second-order valence-corrected chi connectivity index (χ2v) is 2.48. The molecule has 13 heavy (non-hydrogen) atoms. The van der Waals surface area contributed by atoms with Gasteiger partial charge in [0.25, 0.3) is 0 Å². The first-order chi connectivity index (χ1) is 6.04. The Labute approximate surface area is 76.0 Å². The Kier molecular flexibility index (Phi) is 4.91. The Balaban J connectivity index is 4.25. The first-order valence-corrected chi connectivity index (χ1v) is 3.68. The number of esters is 1. The van der Waals surface area contributed by atoms with Crippen LogP contribution in [0, 0.1) is 5.92 Å². The van der Waals surface area contributed by atoms with E-state index in [1.54, 1.807) is 0 Å². The van der Waals surface area contributed by atoms with Gasteiger partial charge in [-0.2, -0.15) is 0 Å². The molecule has 0 aromatic carbocycles. The van der Waals surface area contributed by atoms with Crippen LogP contribution < -0.4 is 0 Å². The van der Waals surface area contributed by atoms with Crippen molar-refractivity contribution in [1.82, 2.24) is 0 Å². The minimum atomic E-state index is -1.00. The van der Waals surface area contributed by atoms with E-state index in [2.05, 4.69) is 9.47 Å². The lowest BCUT2D eigenvalue weighted by molar-refractivity contribution is -0.155. The molecule has 5 heteroatoms. The fourth-order valence-electron chi connectivity index (χ4n) is 0.691. The van der Waals surface area contributed by atoms with Gasteiger partial charge < -0.3 is 9.47 Å². The van der Waals surface area contributed by atoms with Gasteiger partial charge in [0.15, 0.2) is 5.78 Å². The quantitative estimate of drug-likeness (QED) is 0.333. The molecule has 0 spiro atoms. The summed E-state index contributed by atoms with van der Waals surface area (Å²) in [6, 6.07) is 0. The summed E-state index contributed by atoms with van der Waals surface area (Å²) in [6.45, 7) is 1.17. The van der Waals surface area contributed by atoms with E-state index in [-0.39, 0.29) is 6.61 Å². The fourth-order valence-corrected chi connectivity index (χ4v) is 0.691. The van der Waals surface area contributed by atoms with E-state index >= 15 is 0 Å². The zero-order valence-electron chi connectivity index (χ0n) is 7.83. The summed E-state index contributed by atoms with van der Waals surface area (Å²) in [7, 11) is 2.43. The number of Topliss-reactive ketones (excluding diaryl/α,β-unsaturated/α-hetero) is 2. The molecule has 0 saturated carbocycles. The molecular formula is C8H12O5. The van der Waals surface area contributed by atoms with Gasteiger partial charge >= 0.3 is 5.97 Å². The maximum Gasteiger partial charge on any atom is 0.375 e. The molecule has 0 aliphatic rings. The van der Waals surface area contributed by atoms with Crippen LogP contribution in [0.25, 0.3) is 0 Å². The van der Waals surface area contributed by atoms with Crippen molar-refractivity contribution >= 4 is 17.5 Å². The Bertz CT molecular complexity index is 221. The molecule has 0 aromatic heterocycles. The summed E-state index contributed by atoms with van der Waals surface area (Å²) in [5.74, 6) is -3.27. The number of hydrogen-bond acceptors (Lipinski definition) is 5. The number of ketones is 2. The molecule has 0 radical (unpaired) electrons. The van der Waals surface area contributed by atoms with Gasteiger partial charge in [0.1, 0.15) is 6.61 Å². The highest BCUT2D eigenvalue weighted by Crippen LogP contribution is 2.00. The molecule has 0 bridgehead atoms. The molecule has 5 nitrogen and oxygen atoms in total. The topological polar surface area (TPSA) is 69.7 Å². The van der Waals surface area contributed by atoms with Gasteiger partial charge in [-0.15, -0.1) is 0 Å². The van der Waals surface area contributed by atoms with E-state index < -0.39 is 23.5 Å². The largest absolute Gasteiger partial charge is 0.463 e. The van der Waals surface area contributed by atoms with Crippen molar-refractivity contribution in [2.45, 2.75) is 6.92 Å². The third kappa shape index (κ3) is 3.33. The van der Waals surface area contributed by atoms with E-state index in [1.807, 2.05) is 0 Å². The minimum absolute atomic E-state index is 0.177. The highest BCUT2D eigenvalue weighted by molar-refractivity contribution is 6.38. The van der Waals surface area contributed by atoms with Crippen LogP contribution in [0.3, 0.4) is 0 Å². The SMILES string of the molecule is COCC(=O)C(C)C(=O)C(=O)OC. The Morgan fingerprint density at radius 1 is 1.23 bits per heavy atom. The van der Waals surface area contributed by atoms with E-state index in [1.165, 1.54) is 14.0 Å². The third-order valence-corrected chi connectivity index (χ3v) is 1.55. The molecule has 0 aliphatic carbocycles. The van der Waals surface area contributed by atoms with Gasteiger partial charge in [0.05, 0.1) is 13.0 Å². The van der Waals surface area contributed by atoms with Crippen LogP contribution in [-0.4, -0.2) is 38.4 Å². The molecule has 0 fully saturated rings. The number of carbonyl (C=O) groups excluding carboxylic acids is 3. The average molecular weight is 188 g/mol. The summed E-state index contributed by atoms with van der Waals surface area (Å²) in [5, 5.41) is 0. The van der Waals surface area contributed by atoms with Gasteiger partial charge in [0, 0.05) is 7.11 Å². The molecule has 1 unspecified atom stereocenters. The second-order valence-electron chi connectivity index (χ2n) is 2.48. The number of methoxy groups -OCH3 is 2. The van der Waals surface area contributed by atoms with Crippen LogP contribution in [0.1, 0.15) is 6.92 Å². The standard InChI is InChI=1S/C8H12O5/c1-5(6(9)4-12-2)7(10)8(11)13-3/h5H,4H2,1-3H3. The fraction of sp³-hybridized carbons (Fsp3) is 0.625. The first-order valence-electron chi connectivity index (χ1n) is 3.68. The van der Waals surface area contributed by atoms with Crippen molar-refractivity contribution in [1.29, 1.82) is 0 Å². The van der Waals surface area contributed by atoms with E-state index in [4.69, 9.17) is 0 Å². The lowest BCUT2D eigenvalue weighted by Crippen LogP contribution is -2.30. The van der Waals surface area contributed by atoms with Crippen LogP contribution in [0.4, 0.5) is 0 Å². The molecule has 0 saturated heterocycles. The summed E-state index contributed by atoms with van der Waals surface area (Å²) < 4.78 is 8.71. The highest BCUT2D eigenvalue weighted by Gasteiger charge is 2.27. The number of carbonyl (C=O) groups is 3. The molecule has 0 rings (SSSR count). The van der Waals surface area contributed by atoms with Crippen LogP contribution in [0.2, 0.25) is 0 Å². The van der Waals surface area contributed by atoms with Crippen molar-refractivity contribution in [2.75, 3.05) is 20.8 Å². The molecule has 0 aliphatic heterocycles. The van der Waals surface area contributed by atoms with E-state index in [0.717, 1.165) is 7.11 Å². The minimum Gasteiger partial charge on any atom is -0.463 e. The summed E-state index contributed by atoms with van der Waals surface area (Å²) in [5.41, 5.74) is 0. The van der Waals surface area contributed by atoms with Gasteiger partial charge in [-0.1, -0.05) is 0 Å². The zero-order chi connectivity index (χ0) is 10.4. The maximum atomic E-state index is 11.1. The smallest absolute Gasteiger partial charge is 0.375 e. The van der Waals surface area contributed by atoms with Crippen molar-refractivity contribution in [3.05, 3.63) is 0 Å². The first kappa shape index (κ1) is 11.8. The van der Waals surface area contributed by atoms with Crippen LogP contribution in [0.5, 0.6) is 0 Å². The van der Waals surface area contributed by atoms with Crippen molar-refractivity contribution in [3.8, 4) is 0 Å². The lowest BCUT2D eigenvalue weighted by Gasteiger charge is -2.06. The van der Waals surface area contributed by atoms with Crippen molar-refractivity contribution in [3.63, 3.8) is 0 Å². The van der Waals surface area contributed by atoms with Crippen LogP contribution in [-0.2, 0) is 23.9 Å². The zero-order valence-corrected chi connectivity index (χ0v) is 7.83. The summed E-state index contributed by atoms with van der Waals surface area (Å²) in [6.07, 6.45) is 0. The van der Waals surface area contributed by atoms with E-state index in [0.29, 0.717) is 0 Å². The molecule has 0 aromatic rings. The molecule has 1 atom stereocenters. The van der Waals surface area contributed by atoms with Crippen molar-refractivity contribution in [2.24, 2.45) is 5.92 Å². The molecule has 74 valence electrons. The predicted octanol–water partition coefficient (Wildman–Crippen LogP) is -0.420. The van der Waals surface area contributed by atoms with Crippen LogP contribution >= 0.6 is 0 Å². The lowest BCUT2D eigenvalue weighted by atomic mass is 10.0. The number of hydrogen-bond donors (Lipinski definition) is 0. The highest BCUT2D eigenvalue weighted by atomic mass is 16.5. The molecule has 0 N–H and O–H groups in total. The summed E-state index contributed by atoms with van der Waals surface area (Å²) >= 11 is 0. The predicted molar refractivity (Wildman–Crippen MR) is 43.1 cm³/mol. The monoisotopic (exact) mass is 188 g/mol. The molecular weight excluding hydrogens is 176 g/mol. The third-order valence-electron chi connectivity index (χ3n) is 1.55. The van der Waals surface area contributed by atoms with Gasteiger partial charge in [-0.05, 0) is 6.92 Å². The Hall–Kier alpha value is -1.23. The van der Waals surface area contributed by atoms with Gasteiger partial charge in [-0.3, -0.25) is 9.59 Å². The molecule has 0 heterocycles. The summed E-state index contributed by atoms with van der Waals surface area (Å²) in [4.78, 5) is 32.8. The number of rotatable bonds is 5. The van der Waals surface area contributed by atoms with Crippen LogP contribution in [0.15, 0.2) is 0 Å². The normalized spacial score (nSPS) is 11.9. The number of ether oxygens (including phenoxy) is 2. The average Bonchev–Trinajstić information content (AvgIpc) is 2.14. The van der Waals surface area contributed by atoms with Gasteiger partial charge in [0.2, 0.25) is 5.78 Å². The Morgan fingerprint density at radius 3 is 2.15 bits per heavy atom.